The average molecular weight is 1030 g/mol. The van der Waals surface area contributed by atoms with Crippen molar-refractivity contribution in [3.8, 4) is 101 Å². The number of rotatable bonds is 11. The lowest BCUT2D eigenvalue weighted by Crippen LogP contribution is -2.26. The number of benzene rings is 10. The van der Waals surface area contributed by atoms with Crippen LogP contribution < -0.4 is 9.80 Å². The molecule has 0 bridgehead atoms. The van der Waals surface area contributed by atoms with E-state index in [-0.39, 0.29) is 0 Å². The molecule has 8 heteroatoms. The smallest absolute Gasteiger partial charge is 0.235 e. The van der Waals surface area contributed by atoms with Gasteiger partial charge in [-0.2, -0.15) is 0 Å². The van der Waals surface area contributed by atoms with E-state index in [0.29, 0.717) is 17.6 Å². The monoisotopic (exact) mass is 1020 g/mol. The Labute approximate surface area is 464 Å². The maximum atomic E-state index is 5.66. The summed E-state index contributed by atoms with van der Waals surface area (Å²) < 4.78 is 0. The number of hydrogen-bond donors (Lipinski definition) is 0. The molecule has 0 fully saturated rings. The molecular formula is C72H48N8. The summed E-state index contributed by atoms with van der Waals surface area (Å²) >= 11 is 0. The first-order valence-electron chi connectivity index (χ1n) is 26.7. The zero-order valence-corrected chi connectivity index (χ0v) is 43.3. The van der Waals surface area contributed by atoms with Gasteiger partial charge in [-0.05, 0) is 54.1 Å². The van der Waals surface area contributed by atoms with Gasteiger partial charge < -0.3 is 4.90 Å². The van der Waals surface area contributed by atoms with Gasteiger partial charge in [-0.15, -0.1) is 0 Å². The molecule has 80 heavy (non-hydrogen) atoms. The molecule has 8 nitrogen and oxygen atoms in total. The largest absolute Gasteiger partial charge is 0.306 e. The number of anilines is 6. The van der Waals surface area contributed by atoms with Crippen molar-refractivity contribution in [2.75, 3.05) is 9.80 Å². The number of nitrogens with zero attached hydrogens (tertiary/aromatic N) is 8. The van der Waals surface area contributed by atoms with E-state index in [0.717, 1.165) is 118 Å². The quantitative estimate of drug-likeness (QED) is 0.127. The van der Waals surface area contributed by atoms with E-state index < -0.39 is 0 Å². The molecule has 1 aliphatic rings. The molecule has 0 radical (unpaired) electrons. The molecule has 14 rings (SSSR count). The van der Waals surface area contributed by atoms with Crippen LogP contribution in [0.3, 0.4) is 0 Å². The highest BCUT2D eigenvalue weighted by Gasteiger charge is 2.35. The average Bonchev–Trinajstić information content (AvgIpc) is 3.66. The van der Waals surface area contributed by atoms with Gasteiger partial charge in [0.05, 0.1) is 62.6 Å². The summed E-state index contributed by atoms with van der Waals surface area (Å²) in [6.07, 6.45) is 0. The van der Waals surface area contributed by atoms with Gasteiger partial charge >= 0.3 is 0 Å². The maximum Gasteiger partial charge on any atom is 0.235 e. The van der Waals surface area contributed by atoms with Crippen molar-refractivity contribution in [3.05, 3.63) is 291 Å². The standard InChI is InChI=1S/C72H48N8/c1-8-26-49(27-9-1)57-47-61(75-70(73-57)54-36-18-6-19-37-54)56-44-45-67(69(68(56)53-34-16-5-17-35-53)62-48-58(50-28-10-2-11-29-50)74-71(76-62)55-38-20-7-21-39-55)79-63-40-22-24-42-65(63)80(66-43-25-23-41-64(66)79)72-77-59(51-30-12-3-13-31-51)46-60(78-72)52-32-14-4-15-33-52/h1-48H. The van der Waals surface area contributed by atoms with Crippen molar-refractivity contribution < 1.29 is 0 Å². The summed E-state index contributed by atoms with van der Waals surface area (Å²) in [5.41, 5.74) is 18.8. The van der Waals surface area contributed by atoms with E-state index in [1.807, 2.05) is 84.9 Å². The second-order valence-corrected chi connectivity index (χ2v) is 19.5. The number of aromatic nitrogens is 6. The normalized spacial score (nSPS) is 11.7. The summed E-state index contributed by atoms with van der Waals surface area (Å²) in [4.78, 5) is 37.1. The fourth-order valence-corrected chi connectivity index (χ4v) is 10.7. The van der Waals surface area contributed by atoms with E-state index in [1.165, 1.54) is 0 Å². The van der Waals surface area contributed by atoms with Gasteiger partial charge in [0.15, 0.2) is 11.6 Å². The van der Waals surface area contributed by atoms with E-state index in [9.17, 15) is 0 Å². The Hall–Kier alpha value is -11.0. The SMILES string of the molecule is c1ccc(-c2cc(-c3ccc(N4c5ccccc5N(c5nc(-c6ccccc6)cc(-c6ccccc6)n5)c5ccccc54)c(-c4cc(-c5ccccc5)nc(-c5ccccc5)n4)c3-c3ccccc3)nc(-c3ccccc3)n2)cc1. The van der Waals surface area contributed by atoms with Crippen LogP contribution in [0.25, 0.3) is 101 Å². The minimum atomic E-state index is 0.549. The van der Waals surface area contributed by atoms with Crippen LogP contribution >= 0.6 is 0 Å². The van der Waals surface area contributed by atoms with Crippen LogP contribution in [0.4, 0.5) is 34.4 Å². The highest BCUT2D eigenvalue weighted by Crippen LogP contribution is 2.57. The van der Waals surface area contributed by atoms with E-state index in [4.69, 9.17) is 29.9 Å². The van der Waals surface area contributed by atoms with Crippen LogP contribution in [0.2, 0.25) is 0 Å². The van der Waals surface area contributed by atoms with E-state index in [1.54, 1.807) is 0 Å². The van der Waals surface area contributed by atoms with Crippen molar-refractivity contribution in [2.45, 2.75) is 0 Å². The van der Waals surface area contributed by atoms with Gasteiger partial charge in [-0.1, -0.05) is 243 Å². The van der Waals surface area contributed by atoms with Crippen LogP contribution in [-0.2, 0) is 0 Å². The Balaban J connectivity index is 1.07. The second kappa shape index (κ2) is 20.9. The lowest BCUT2D eigenvalue weighted by molar-refractivity contribution is 1.06. The molecule has 13 aromatic rings. The highest BCUT2D eigenvalue weighted by atomic mass is 15.3. The van der Waals surface area contributed by atoms with Crippen LogP contribution in [0.5, 0.6) is 0 Å². The molecule has 0 saturated heterocycles. The Morgan fingerprint density at radius 3 is 0.912 bits per heavy atom. The Bertz CT molecular complexity index is 4120. The van der Waals surface area contributed by atoms with Crippen molar-refractivity contribution in [1.82, 2.24) is 29.9 Å². The molecule has 0 atom stereocenters. The molecule has 0 unspecified atom stereocenters. The van der Waals surface area contributed by atoms with Gasteiger partial charge in [0, 0.05) is 50.1 Å². The fourth-order valence-electron chi connectivity index (χ4n) is 10.7. The van der Waals surface area contributed by atoms with Gasteiger partial charge in [0.1, 0.15) is 0 Å². The Morgan fingerprint density at radius 1 is 0.200 bits per heavy atom. The first kappa shape index (κ1) is 47.5. The molecule has 376 valence electrons. The van der Waals surface area contributed by atoms with Crippen molar-refractivity contribution in [1.29, 1.82) is 0 Å². The first-order chi connectivity index (χ1) is 39.7. The van der Waals surface area contributed by atoms with Gasteiger partial charge in [0.2, 0.25) is 5.95 Å². The summed E-state index contributed by atoms with van der Waals surface area (Å²) in [5, 5.41) is 0. The van der Waals surface area contributed by atoms with Crippen molar-refractivity contribution >= 4 is 34.4 Å². The number of fused-ring (bicyclic) bond motifs is 2. The fraction of sp³-hybridized carbons (Fsp3) is 0. The minimum Gasteiger partial charge on any atom is -0.306 e. The van der Waals surface area contributed by atoms with E-state index in [2.05, 4.69) is 216 Å². The van der Waals surface area contributed by atoms with Crippen LogP contribution in [-0.4, -0.2) is 29.9 Å². The third-order valence-electron chi connectivity index (χ3n) is 14.5. The molecule has 1 aliphatic heterocycles. The van der Waals surface area contributed by atoms with Crippen LogP contribution in [0.1, 0.15) is 0 Å². The zero-order valence-electron chi connectivity index (χ0n) is 43.3. The molecule has 0 amide bonds. The summed E-state index contributed by atoms with van der Waals surface area (Å²) in [6.45, 7) is 0. The molecule has 0 saturated carbocycles. The zero-order chi connectivity index (χ0) is 53.2. The van der Waals surface area contributed by atoms with Crippen LogP contribution in [0, 0.1) is 0 Å². The molecule has 0 spiro atoms. The minimum absolute atomic E-state index is 0.549. The molecule has 10 aromatic carbocycles. The predicted molar refractivity (Wildman–Crippen MR) is 325 cm³/mol. The van der Waals surface area contributed by atoms with Crippen molar-refractivity contribution in [3.63, 3.8) is 0 Å². The van der Waals surface area contributed by atoms with Crippen molar-refractivity contribution in [2.24, 2.45) is 0 Å². The van der Waals surface area contributed by atoms with Gasteiger partial charge in [-0.25, -0.2) is 29.9 Å². The predicted octanol–water partition coefficient (Wildman–Crippen LogP) is 18.3. The Kier molecular flexibility index (Phi) is 12.4. The number of para-hydroxylation sites is 4. The molecular weight excluding hydrogens is 977 g/mol. The lowest BCUT2D eigenvalue weighted by atomic mass is 9.88. The second-order valence-electron chi connectivity index (χ2n) is 19.5. The molecule has 4 heterocycles. The Morgan fingerprint density at radius 2 is 0.500 bits per heavy atom. The number of hydrogen-bond acceptors (Lipinski definition) is 8. The van der Waals surface area contributed by atoms with E-state index >= 15 is 0 Å². The summed E-state index contributed by atoms with van der Waals surface area (Å²) in [6, 6.07) is 100. The topological polar surface area (TPSA) is 83.8 Å². The summed E-state index contributed by atoms with van der Waals surface area (Å²) in [5.74, 6) is 1.78. The van der Waals surface area contributed by atoms with Gasteiger partial charge in [-0.3, -0.25) is 4.90 Å². The van der Waals surface area contributed by atoms with Crippen LogP contribution in [0.15, 0.2) is 291 Å². The highest BCUT2D eigenvalue weighted by molar-refractivity contribution is 6.08. The molecule has 3 aromatic heterocycles. The molecule has 0 aliphatic carbocycles. The first-order valence-corrected chi connectivity index (χ1v) is 26.7. The lowest BCUT2D eigenvalue weighted by Gasteiger charge is -2.40. The third-order valence-corrected chi connectivity index (χ3v) is 14.5. The third kappa shape index (κ3) is 9.02. The summed E-state index contributed by atoms with van der Waals surface area (Å²) in [7, 11) is 0. The molecule has 0 N–H and O–H groups in total. The van der Waals surface area contributed by atoms with Gasteiger partial charge in [0.25, 0.3) is 0 Å². The maximum absolute atomic E-state index is 5.66.